The number of ether oxygens (including phenoxy) is 1. The fraction of sp³-hybridized carbons (Fsp3) is 0.500. The number of methoxy groups -OCH3 is 1. The molecule has 6 nitrogen and oxygen atoms in total. The van der Waals surface area contributed by atoms with Crippen LogP contribution in [-0.2, 0) is 11.3 Å². The highest BCUT2D eigenvalue weighted by Gasteiger charge is 2.17. The van der Waals surface area contributed by atoms with Gasteiger partial charge in [-0.1, -0.05) is 20.8 Å². The first-order chi connectivity index (χ1) is 11.4. The van der Waals surface area contributed by atoms with Gasteiger partial charge in [0.1, 0.15) is 5.82 Å². The zero-order chi connectivity index (χ0) is 17.9. The number of carbonyl (C=O) groups excluding carboxylic acids is 1. The van der Waals surface area contributed by atoms with E-state index in [1.807, 2.05) is 0 Å². The molecule has 0 radical (unpaired) electrons. The molecule has 1 unspecified atom stereocenters. The maximum atomic E-state index is 12.3. The van der Waals surface area contributed by atoms with Crippen LogP contribution < -0.4 is 5.56 Å². The predicted octanol–water partition coefficient (Wildman–Crippen LogP) is 2.58. The Morgan fingerprint density at radius 1 is 1.33 bits per heavy atom. The van der Waals surface area contributed by atoms with Crippen LogP contribution in [0.15, 0.2) is 23.0 Å². The fourth-order valence-corrected chi connectivity index (χ4v) is 2.67. The van der Waals surface area contributed by atoms with E-state index in [4.69, 9.17) is 4.74 Å². The molecule has 0 aliphatic heterocycles. The monoisotopic (exact) mass is 331 g/mol. The third-order valence-electron chi connectivity index (χ3n) is 4.48. The van der Waals surface area contributed by atoms with Crippen LogP contribution in [0, 0.1) is 5.92 Å². The molecule has 6 heteroatoms. The van der Waals surface area contributed by atoms with Crippen LogP contribution in [0.1, 0.15) is 43.9 Å². The number of fused-ring (bicyclic) bond motifs is 1. The standard InChI is InChI=1S/C18H25N3O3/c1-6-21(12(4)11(2)3)10-16-19-15-9-13(18(23)24-5)7-8-14(15)17(22)20-16/h7-9,11-12H,6,10H2,1-5H3,(H,19,20,22). The van der Waals surface area contributed by atoms with Gasteiger partial charge < -0.3 is 9.72 Å². The summed E-state index contributed by atoms with van der Waals surface area (Å²) >= 11 is 0. The van der Waals surface area contributed by atoms with Crippen molar-refractivity contribution >= 4 is 16.9 Å². The molecule has 1 atom stereocenters. The predicted molar refractivity (Wildman–Crippen MR) is 94.1 cm³/mol. The highest BCUT2D eigenvalue weighted by Crippen LogP contribution is 2.15. The zero-order valence-corrected chi connectivity index (χ0v) is 14.9. The molecule has 1 N–H and O–H groups in total. The molecule has 0 aliphatic carbocycles. The van der Waals surface area contributed by atoms with E-state index in [9.17, 15) is 9.59 Å². The summed E-state index contributed by atoms with van der Waals surface area (Å²) in [5.41, 5.74) is 0.696. The van der Waals surface area contributed by atoms with Gasteiger partial charge in [-0.3, -0.25) is 9.69 Å². The Bertz CT molecular complexity index is 783. The van der Waals surface area contributed by atoms with Crippen molar-refractivity contribution in [2.45, 2.75) is 40.3 Å². The van der Waals surface area contributed by atoms with Gasteiger partial charge in [-0.15, -0.1) is 0 Å². The normalized spacial score (nSPS) is 12.8. The van der Waals surface area contributed by atoms with Crippen molar-refractivity contribution in [3.05, 3.63) is 39.9 Å². The minimum absolute atomic E-state index is 0.195. The first kappa shape index (κ1) is 18.1. The lowest BCUT2D eigenvalue weighted by atomic mass is 10.0. The van der Waals surface area contributed by atoms with Crippen molar-refractivity contribution in [1.82, 2.24) is 14.9 Å². The number of nitrogens with zero attached hydrogens (tertiary/aromatic N) is 2. The van der Waals surface area contributed by atoms with Crippen LogP contribution in [-0.4, -0.2) is 40.5 Å². The molecule has 2 rings (SSSR count). The summed E-state index contributed by atoms with van der Waals surface area (Å²) in [4.78, 5) is 33.6. The smallest absolute Gasteiger partial charge is 0.337 e. The summed E-state index contributed by atoms with van der Waals surface area (Å²) < 4.78 is 4.72. The van der Waals surface area contributed by atoms with E-state index in [1.165, 1.54) is 7.11 Å². The van der Waals surface area contributed by atoms with Gasteiger partial charge in [-0.25, -0.2) is 9.78 Å². The molecule has 0 saturated carbocycles. The molecule has 0 amide bonds. The van der Waals surface area contributed by atoms with E-state index < -0.39 is 5.97 Å². The van der Waals surface area contributed by atoms with Crippen LogP contribution in [0.2, 0.25) is 0 Å². The average Bonchev–Trinajstić information content (AvgIpc) is 2.57. The molecule has 0 spiro atoms. The van der Waals surface area contributed by atoms with Crippen molar-refractivity contribution < 1.29 is 9.53 Å². The van der Waals surface area contributed by atoms with Gasteiger partial charge in [0.2, 0.25) is 0 Å². The van der Waals surface area contributed by atoms with Crippen molar-refractivity contribution in [2.24, 2.45) is 5.92 Å². The Morgan fingerprint density at radius 3 is 2.62 bits per heavy atom. The largest absolute Gasteiger partial charge is 0.465 e. The number of aromatic nitrogens is 2. The number of rotatable bonds is 6. The van der Waals surface area contributed by atoms with Crippen LogP contribution >= 0.6 is 0 Å². The van der Waals surface area contributed by atoms with Gasteiger partial charge in [0.15, 0.2) is 0 Å². The van der Waals surface area contributed by atoms with Crippen molar-refractivity contribution in [3.63, 3.8) is 0 Å². The van der Waals surface area contributed by atoms with Crippen LogP contribution in [0.5, 0.6) is 0 Å². The molecule has 0 saturated heterocycles. The maximum absolute atomic E-state index is 12.3. The Kier molecular flexibility index (Phi) is 5.72. The molecular formula is C18H25N3O3. The lowest BCUT2D eigenvalue weighted by Crippen LogP contribution is -2.37. The van der Waals surface area contributed by atoms with E-state index in [1.54, 1.807) is 18.2 Å². The van der Waals surface area contributed by atoms with Gasteiger partial charge in [0.25, 0.3) is 5.56 Å². The Labute approximate surface area is 141 Å². The van der Waals surface area contributed by atoms with Crippen molar-refractivity contribution in [3.8, 4) is 0 Å². The summed E-state index contributed by atoms with van der Waals surface area (Å²) in [6.45, 7) is 10.0. The summed E-state index contributed by atoms with van der Waals surface area (Å²) in [6, 6.07) is 5.15. The quantitative estimate of drug-likeness (QED) is 0.824. The highest BCUT2D eigenvalue weighted by atomic mass is 16.5. The summed E-state index contributed by atoms with van der Waals surface area (Å²) in [6.07, 6.45) is 0. The molecule has 1 aromatic carbocycles. The van der Waals surface area contributed by atoms with Gasteiger partial charge in [0.05, 0.1) is 30.1 Å². The summed E-state index contributed by atoms with van der Waals surface area (Å²) in [5.74, 6) is 0.663. The number of aromatic amines is 1. The van der Waals surface area contributed by atoms with E-state index in [0.29, 0.717) is 40.8 Å². The molecule has 24 heavy (non-hydrogen) atoms. The number of hydrogen-bond acceptors (Lipinski definition) is 5. The molecule has 130 valence electrons. The molecule has 0 fully saturated rings. The van der Waals surface area contributed by atoms with E-state index >= 15 is 0 Å². The van der Waals surface area contributed by atoms with Crippen LogP contribution in [0.4, 0.5) is 0 Å². The first-order valence-electron chi connectivity index (χ1n) is 8.22. The highest BCUT2D eigenvalue weighted by molar-refractivity contribution is 5.93. The summed E-state index contributed by atoms with van der Waals surface area (Å²) in [5, 5.41) is 0.464. The summed E-state index contributed by atoms with van der Waals surface area (Å²) in [7, 11) is 1.33. The molecule has 2 aromatic rings. The SMILES string of the molecule is CCN(Cc1nc2cc(C(=O)OC)ccc2c(=O)[nH]1)C(C)C(C)C. The van der Waals surface area contributed by atoms with Gasteiger partial charge >= 0.3 is 5.97 Å². The van der Waals surface area contributed by atoms with Gasteiger partial charge in [-0.05, 0) is 37.6 Å². The molecule has 1 heterocycles. The van der Waals surface area contributed by atoms with Crippen LogP contribution in [0.3, 0.4) is 0 Å². The van der Waals surface area contributed by atoms with Crippen LogP contribution in [0.25, 0.3) is 10.9 Å². The van der Waals surface area contributed by atoms with Crippen molar-refractivity contribution in [2.75, 3.05) is 13.7 Å². The Hall–Kier alpha value is -2.21. The number of benzene rings is 1. The topological polar surface area (TPSA) is 75.3 Å². The van der Waals surface area contributed by atoms with Gasteiger partial charge in [0, 0.05) is 6.04 Å². The molecule has 0 bridgehead atoms. The van der Waals surface area contributed by atoms with Gasteiger partial charge in [-0.2, -0.15) is 0 Å². The molecule has 1 aromatic heterocycles. The second kappa shape index (κ2) is 7.57. The van der Waals surface area contributed by atoms with E-state index in [2.05, 4.69) is 42.6 Å². The minimum atomic E-state index is -0.441. The second-order valence-corrected chi connectivity index (χ2v) is 6.28. The van der Waals surface area contributed by atoms with Crippen molar-refractivity contribution in [1.29, 1.82) is 0 Å². The fourth-order valence-electron chi connectivity index (χ4n) is 2.67. The molecule has 0 aliphatic rings. The van der Waals surface area contributed by atoms with E-state index in [0.717, 1.165) is 6.54 Å². The number of H-pyrrole nitrogens is 1. The van der Waals surface area contributed by atoms with E-state index in [-0.39, 0.29) is 5.56 Å². The third-order valence-corrected chi connectivity index (χ3v) is 4.48. The third kappa shape index (κ3) is 3.82. The number of hydrogen-bond donors (Lipinski definition) is 1. The Morgan fingerprint density at radius 2 is 2.04 bits per heavy atom. The number of esters is 1. The average molecular weight is 331 g/mol. The lowest BCUT2D eigenvalue weighted by molar-refractivity contribution is 0.0601. The zero-order valence-electron chi connectivity index (χ0n) is 14.9. The number of carbonyl (C=O) groups is 1. The molecular weight excluding hydrogens is 306 g/mol. The first-order valence-corrected chi connectivity index (χ1v) is 8.22. The maximum Gasteiger partial charge on any atom is 0.337 e. The second-order valence-electron chi connectivity index (χ2n) is 6.28. The number of nitrogens with one attached hydrogen (secondary N) is 1. The minimum Gasteiger partial charge on any atom is -0.465 e. The Balaban J connectivity index is 2.41. The lowest BCUT2D eigenvalue weighted by Gasteiger charge is -2.30.